The molecule has 2 aromatic carbocycles. The topological polar surface area (TPSA) is 90.9 Å². The fourth-order valence-electron chi connectivity index (χ4n) is 2.52. The fourth-order valence-corrected chi connectivity index (χ4v) is 2.98. The second-order valence-corrected chi connectivity index (χ2v) is 7.61. The Labute approximate surface area is 165 Å². The molecule has 152 valence electrons. The van der Waals surface area contributed by atoms with Gasteiger partial charge in [0.15, 0.2) is 6.10 Å². The van der Waals surface area contributed by atoms with Gasteiger partial charge in [0.1, 0.15) is 5.75 Å². The zero-order valence-electron chi connectivity index (χ0n) is 16.2. The van der Waals surface area contributed by atoms with Crippen molar-refractivity contribution in [2.45, 2.75) is 26.4 Å². The van der Waals surface area contributed by atoms with Crippen LogP contribution in [0.25, 0.3) is 0 Å². The largest absolute Gasteiger partial charge is 0.464 e. The number of rotatable bonds is 10. The second-order valence-electron chi connectivity index (χ2n) is 6.03. The Morgan fingerprint density at radius 1 is 0.964 bits per heavy atom. The normalized spacial score (nSPS) is 12.2. The Morgan fingerprint density at radius 2 is 1.54 bits per heavy atom. The van der Waals surface area contributed by atoms with Gasteiger partial charge in [-0.15, -0.1) is 0 Å². The van der Waals surface area contributed by atoms with Crippen molar-refractivity contribution in [3.05, 3.63) is 54.1 Å². The minimum atomic E-state index is -3.54. The Morgan fingerprint density at radius 3 is 2.04 bits per heavy atom. The lowest BCUT2D eigenvalue weighted by Gasteiger charge is -2.16. The van der Waals surface area contributed by atoms with Crippen LogP contribution in [0.4, 0.5) is 11.4 Å². The Balaban J connectivity index is 1.99. The molecule has 0 aliphatic carbocycles. The lowest BCUT2D eigenvalue weighted by atomic mass is 10.1. The molecule has 7 nitrogen and oxygen atoms in total. The van der Waals surface area contributed by atoms with Crippen LogP contribution < -0.4 is 9.50 Å². The quantitative estimate of drug-likeness (QED) is 0.477. The molecule has 0 fully saturated rings. The van der Waals surface area contributed by atoms with Gasteiger partial charge >= 0.3 is 16.1 Å². The first-order valence-electron chi connectivity index (χ1n) is 8.94. The van der Waals surface area contributed by atoms with Gasteiger partial charge in [0.25, 0.3) is 0 Å². The van der Waals surface area contributed by atoms with Gasteiger partial charge in [-0.2, -0.15) is 8.42 Å². The molecular formula is C20H25NO6S. The summed E-state index contributed by atoms with van der Waals surface area (Å²) in [5, 5.41) is 3.21. The molecule has 0 bridgehead atoms. The average Bonchev–Trinajstić information content (AvgIpc) is 2.63. The summed E-state index contributed by atoms with van der Waals surface area (Å²) in [6.45, 7) is 4.36. The van der Waals surface area contributed by atoms with E-state index >= 15 is 0 Å². The number of benzene rings is 2. The molecule has 0 saturated heterocycles. The van der Waals surface area contributed by atoms with Gasteiger partial charge in [-0.25, -0.2) is 4.79 Å². The highest BCUT2D eigenvalue weighted by atomic mass is 32.2. The predicted molar refractivity (Wildman–Crippen MR) is 107 cm³/mol. The lowest BCUT2D eigenvalue weighted by molar-refractivity contribution is -0.156. The lowest BCUT2D eigenvalue weighted by Crippen LogP contribution is -2.28. The number of esters is 1. The van der Waals surface area contributed by atoms with Crippen LogP contribution in [0.2, 0.25) is 0 Å². The number of nitrogens with one attached hydrogen (secondary N) is 1. The highest BCUT2D eigenvalue weighted by Crippen LogP contribution is 2.21. The smallest absolute Gasteiger partial charge is 0.335 e. The van der Waals surface area contributed by atoms with Crippen LogP contribution in [-0.2, 0) is 30.8 Å². The maximum atomic E-state index is 12.0. The van der Waals surface area contributed by atoms with E-state index in [1.54, 1.807) is 31.2 Å². The minimum absolute atomic E-state index is 0.254. The van der Waals surface area contributed by atoms with E-state index in [4.69, 9.17) is 13.7 Å². The number of hydrogen-bond donors (Lipinski definition) is 1. The van der Waals surface area contributed by atoms with Gasteiger partial charge in [0.05, 0.1) is 12.9 Å². The SMILES string of the molecule is CCOC(=O)C(Cc1ccc(Nc2ccc(OS(C)(=O)=O)cc2)cc1)OCC. The first kappa shape index (κ1) is 21.7. The van der Waals surface area contributed by atoms with Gasteiger partial charge in [0, 0.05) is 24.4 Å². The summed E-state index contributed by atoms with van der Waals surface area (Å²) in [4.78, 5) is 12.0. The van der Waals surface area contributed by atoms with Crippen molar-refractivity contribution in [1.29, 1.82) is 0 Å². The summed E-state index contributed by atoms with van der Waals surface area (Å²) in [7, 11) is -3.54. The first-order valence-corrected chi connectivity index (χ1v) is 10.8. The molecule has 0 spiro atoms. The van der Waals surface area contributed by atoms with Gasteiger partial charge in [-0.1, -0.05) is 12.1 Å². The van der Waals surface area contributed by atoms with Crippen LogP contribution in [-0.4, -0.2) is 40.0 Å². The van der Waals surface area contributed by atoms with E-state index in [1.165, 1.54) is 0 Å². The van der Waals surface area contributed by atoms with Crippen LogP contribution >= 0.6 is 0 Å². The summed E-state index contributed by atoms with van der Waals surface area (Å²) in [6.07, 6.45) is 0.814. The van der Waals surface area contributed by atoms with E-state index in [0.29, 0.717) is 19.6 Å². The van der Waals surface area contributed by atoms with Crippen LogP contribution in [0.1, 0.15) is 19.4 Å². The number of carbonyl (C=O) groups excluding carboxylic acids is 1. The monoisotopic (exact) mass is 407 g/mol. The molecule has 2 rings (SSSR count). The van der Waals surface area contributed by atoms with E-state index in [0.717, 1.165) is 23.2 Å². The van der Waals surface area contributed by atoms with Crippen molar-refractivity contribution >= 4 is 27.5 Å². The summed E-state index contributed by atoms with van der Waals surface area (Å²) >= 11 is 0. The molecule has 0 heterocycles. The summed E-state index contributed by atoms with van der Waals surface area (Å²) < 4.78 is 37.6. The predicted octanol–water partition coefficient (Wildman–Crippen LogP) is 3.28. The van der Waals surface area contributed by atoms with Crippen molar-refractivity contribution in [2.75, 3.05) is 24.8 Å². The van der Waals surface area contributed by atoms with Crippen LogP contribution in [0.15, 0.2) is 48.5 Å². The molecule has 8 heteroatoms. The third-order valence-corrected chi connectivity index (χ3v) is 4.18. The fraction of sp³-hybridized carbons (Fsp3) is 0.350. The third-order valence-electron chi connectivity index (χ3n) is 3.68. The molecule has 0 aliphatic heterocycles. The zero-order chi connectivity index (χ0) is 20.6. The Kier molecular flexibility index (Phi) is 7.83. The van der Waals surface area contributed by atoms with Crippen molar-refractivity contribution in [2.24, 2.45) is 0 Å². The highest BCUT2D eigenvalue weighted by molar-refractivity contribution is 7.86. The van der Waals surface area contributed by atoms with Crippen molar-refractivity contribution < 1.29 is 26.9 Å². The van der Waals surface area contributed by atoms with Crippen LogP contribution in [0.3, 0.4) is 0 Å². The van der Waals surface area contributed by atoms with Gasteiger partial charge in [-0.05, 0) is 55.8 Å². The average molecular weight is 407 g/mol. The molecule has 0 amide bonds. The van der Waals surface area contributed by atoms with E-state index in [-0.39, 0.29) is 11.7 Å². The molecule has 0 radical (unpaired) electrons. The Hall–Kier alpha value is -2.58. The number of hydrogen-bond acceptors (Lipinski definition) is 7. The van der Waals surface area contributed by atoms with E-state index < -0.39 is 16.2 Å². The molecule has 2 aromatic rings. The van der Waals surface area contributed by atoms with Crippen molar-refractivity contribution in [1.82, 2.24) is 0 Å². The van der Waals surface area contributed by atoms with E-state index in [9.17, 15) is 13.2 Å². The molecule has 1 atom stereocenters. The van der Waals surface area contributed by atoms with Gasteiger partial charge in [-0.3, -0.25) is 0 Å². The van der Waals surface area contributed by atoms with Crippen molar-refractivity contribution in [3.8, 4) is 5.75 Å². The maximum Gasteiger partial charge on any atom is 0.335 e. The number of carbonyl (C=O) groups is 1. The molecule has 1 unspecified atom stereocenters. The molecular weight excluding hydrogens is 382 g/mol. The van der Waals surface area contributed by atoms with Gasteiger partial charge in [0.2, 0.25) is 0 Å². The first-order chi connectivity index (χ1) is 13.3. The third kappa shape index (κ3) is 7.21. The molecule has 1 N–H and O–H groups in total. The Bertz CT molecular complexity index is 863. The zero-order valence-corrected chi connectivity index (χ0v) is 17.0. The van der Waals surface area contributed by atoms with Gasteiger partial charge < -0.3 is 19.0 Å². The molecule has 0 aliphatic rings. The minimum Gasteiger partial charge on any atom is -0.464 e. The summed E-state index contributed by atoms with van der Waals surface area (Å²) in [6, 6.07) is 14.2. The summed E-state index contributed by atoms with van der Waals surface area (Å²) in [5.41, 5.74) is 2.59. The summed E-state index contributed by atoms with van der Waals surface area (Å²) in [5.74, 6) is -0.104. The van der Waals surface area contributed by atoms with E-state index in [2.05, 4.69) is 5.32 Å². The molecule has 0 aromatic heterocycles. The molecule has 0 saturated carbocycles. The number of anilines is 2. The standard InChI is InChI=1S/C20H25NO6S/c1-4-25-19(20(22)26-5-2)14-15-6-8-16(9-7-15)21-17-10-12-18(13-11-17)27-28(3,23)24/h6-13,19,21H,4-5,14H2,1-3H3. The highest BCUT2D eigenvalue weighted by Gasteiger charge is 2.20. The van der Waals surface area contributed by atoms with Crippen LogP contribution in [0, 0.1) is 0 Å². The second kappa shape index (κ2) is 10.1. The van der Waals surface area contributed by atoms with Crippen molar-refractivity contribution in [3.63, 3.8) is 0 Å². The maximum absolute atomic E-state index is 12.0. The van der Waals surface area contributed by atoms with E-state index in [1.807, 2.05) is 31.2 Å². The number of ether oxygens (including phenoxy) is 2. The molecule has 28 heavy (non-hydrogen) atoms. The van der Waals surface area contributed by atoms with Crippen LogP contribution in [0.5, 0.6) is 5.75 Å².